The molecule has 2 aromatic heterocycles. The first-order chi connectivity index (χ1) is 16.0. The number of benzene rings is 2. The quantitative estimate of drug-likeness (QED) is 0.196. The number of thiazole rings is 1. The van der Waals surface area contributed by atoms with Crippen molar-refractivity contribution in [2.75, 3.05) is 11.1 Å². The Morgan fingerprint density at radius 3 is 2.82 bits per heavy atom. The molecule has 0 fully saturated rings. The van der Waals surface area contributed by atoms with Gasteiger partial charge in [-0.15, -0.1) is 21.5 Å². The van der Waals surface area contributed by atoms with E-state index in [1.54, 1.807) is 23.6 Å². The van der Waals surface area contributed by atoms with E-state index in [0.717, 1.165) is 5.56 Å². The molecule has 0 unspecified atom stereocenters. The second-order valence-corrected chi connectivity index (χ2v) is 8.92. The Kier molecular flexibility index (Phi) is 7.02. The highest BCUT2D eigenvalue weighted by molar-refractivity contribution is 7.99. The molecule has 0 aliphatic rings. The van der Waals surface area contributed by atoms with Gasteiger partial charge in [0.15, 0.2) is 16.1 Å². The number of nitrogens with one attached hydrogen (secondary N) is 1. The third-order valence-corrected chi connectivity index (χ3v) is 6.64. The number of hydrogen-bond donors (Lipinski definition) is 1. The minimum Gasteiger partial charge on any atom is -0.302 e. The Morgan fingerprint density at radius 2 is 2.06 bits per heavy atom. The molecule has 1 N–H and O–H groups in total. The Labute approximate surface area is 202 Å². The van der Waals surface area contributed by atoms with Crippen molar-refractivity contribution in [3.05, 3.63) is 69.0 Å². The third-order valence-electron chi connectivity index (χ3n) is 4.58. The molecule has 0 atom stereocenters. The molecule has 0 aliphatic heterocycles. The number of hydrogen-bond acceptors (Lipinski definition) is 8. The molecule has 0 saturated heterocycles. The lowest BCUT2D eigenvalue weighted by atomic mass is 10.1. The number of thioether (sulfide) groups is 1. The van der Waals surface area contributed by atoms with Crippen molar-refractivity contribution in [3.63, 3.8) is 0 Å². The van der Waals surface area contributed by atoms with Crippen LogP contribution in [0.1, 0.15) is 6.92 Å². The van der Waals surface area contributed by atoms with Gasteiger partial charge in [0, 0.05) is 35.2 Å². The van der Waals surface area contributed by atoms with Crippen LogP contribution in [0.4, 0.5) is 10.8 Å². The molecule has 0 aliphatic carbocycles. The van der Waals surface area contributed by atoms with Crippen LogP contribution in [0.2, 0.25) is 5.02 Å². The summed E-state index contributed by atoms with van der Waals surface area (Å²) in [5.74, 6) is 0.518. The lowest BCUT2D eigenvalue weighted by Crippen LogP contribution is -2.14. The highest BCUT2D eigenvalue weighted by Crippen LogP contribution is 2.30. The van der Waals surface area contributed by atoms with Crippen molar-refractivity contribution in [2.24, 2.45) is 0 Å². The van der Waals surface area contributed by atoms with Gasteiger partial charge in [0.2, 0.25) is 5.91 Å². The number of anilines is 1. The summed E-state index contributed by atoms with van der Waals surface area (Å²) < 4.78 is 1.91. The number of carbonyl (C=O) groups excluding carboxylic acids is 1. The molecule has 2 heterocycles. The number of nitro benzene ring substituents is 1. The van der Waals surface area contributed by atoms with Crippen LogP contribution in [0, 0.1) is 10.1 Å². The fourth-order valence-electron chi connectivity index (χ4n) is 3.05. The number of aromatic nitrogens is 4. The normalized spacial score (nSPS) is 10.8. The summed E-state index contributed by atoms with van der Waals surface area (Å²) in [5, 5.41) is 25.6. The number of rotatable bonds is 8. The van der Waals surface area contributed by atoms with E-state index >= 15 is 0 Å². The maximum absolute atomic E-state index is 12.5. The van der Waals surface area contributed by atoms with E-state index < -0.39 is 4.92 Å². The Hall–Kier alpha value is -3.28. The minimum absolute atomic E-state index is 0.0151. The van der Waals surface area contributed by atoms with Crippen LogP contribution in [0.25, 0.3) is 22.6 Å². The van der Waals surface area contributed by atoms with Gasteiger partial charge in [0.25, 0.3) is 5.69 Å². The maximum Gasteiger partial charge on any atom is 0.270 e. The summed E-state index contributed by atoms with van der Waals surface area (Å²) in [4.78, 5) is 27.4. The summed E-state index contributed by atoms with van der Waals surface area (Å²) in [6.07, 6.45) is 0. The van der Waals surface area contributed by atoms with Crippen LogP contribution in [-0.4, -0.2) is 36.3 Å². The smallest absolute Gasteiger partial charge is 0.270 e. The standard InChI is InChI=1S/C21H17ClN6O3S2/c1-2-27-19(15-8-3-4-9-16(15)22)25-26-21(27)33-12-18(29)24-20-23-17(11-32-20)13-6-5-7-14(10-13)28(30)31/h3-11H,2,12H2,1H3,(H,23,24,29). The zero-order chi connectivity index (χ0) is 23.4. The van der Waals surface area contributed by atoms with Gasteiger partial charge in [-0.25, -0.2) is 4.98 Å². The molecule has 33 heavy (non-hydrogen) atoms. The van der Waals surface area contributed by atoms with Crippen LogP contribution >= 0.6 is 34.7 Å². The molecule has 0 bridgehead atoms. The largest absolute Gasteiger partial charge is 0.302 e. The summed E-state index contributed by atoms with van der Waals surface area (Å²) in [6.45, 7) is 2.59. The third kappa shape index (κ3) is 5.21. The monoisotopic (exact) mass is 500 g/mol. The van der Waals surface area contributed by atoms with E-state index in [9.17, 15) is 14.9 Å². The predicted molar refractivity (Wildman–Crippen MR) is 130 cm³/mol. The number of halogens is 1. The number of non-ortho nitro benzene ring substituents is 1. The maximum atomic E-state index is 12.5. The first-order valence-corrected chi connectivity index (χ1v) is 12.0. The van der Waals surface area contributed by atoms with Gasteiger partial charge in [-0.3, -0.25) is 14.9 Å². The average Bonchev–Trinajstić information content (AvgIpc) is 3.45. The van der Waals surface area contributed by atoms with Crippen LogP contribution in [-0.2, 0) is 11.3 Å². The van der Waals surface area contributed by atoms with Gasteiger partial charge in [-0.05, 0) is 19.1 Å². The number of carbonyl (C=O) groups is 1. The van der Waals surface area contributed by atoms with Crippen LogP contribution < -0.4 is 5.32 Å². The topological polar surface area (TPSA) is 116 Å². The van der Waals surface area contributed by atoms with Crippen molar-refractivity contribution < 1.29 is 9.72 Å². The highest BCUT2D eigenvalue weighted by atomic mass is 35.5. The fourth-order valence-corrected chi connectivity index (χ4v) is 4.81. The van der Waals surface area contributed by atoms with Crippen molar-refractivity contribution in [1.82, 2.24) is 19.7 Å². The van der Waals surface area contributed by atoms with Crippen molar-refractivity contribution in [2.45, 2.75) is 18.6 Å². The van der Waals surface area contributed by atoms with Gasteiger partial charge in [-0.1, -0.05) is 47.6 Å². The molecule has 4 rings (SSSR count). The SMILES string of the molecule is CCn1c(SCC(=O)Nc2nc(-c3cccc([N+](=O)[O-])c3)cs2)nnc1-c1ccccc1Cl. The highest BCUT2D eigenvalue weighted by Gasteiger charge is 2.17. The minimum atomic E-state index is -0.456. The molecular weight excluding hydrogens is 484 g/mol. The van der Waals surface area contributed by atoms with E-state index in [4.69, 9.17) is 11.6 Å². The van der Waals surface area contributed by atoms with Crippen molar-refractivity contribution in [1.29, 1.82) is 0 Å². The molecular formula is C21H17ClN6O3S2. The first kappa shape index (κ1) is 22.9. The van der Waals surface area contributed by atoms with Gasteiger partial charge >= 0.3 is 0 Å². The summed E-state index contributed by atoms with van der Waals surface area (Å²) >= 11 is 8.81. The number of nitrogens with zero attached hydrogens (tertiary/aromatic N) is 5. The molecule has 9 nitrogen and oxygen atoms in total. The summed E-state index contributed by atoms with van der Waals surface area (Å²) in [6, 6.07) is 13.6. The second kappa shape index (κ2) is 10.1. The van der Waals surface area contributed by atoms with Gasteiger partial charge < -0.3 is 9.88 Å². The zero-order valence-electron chi connectivity index (χ0n) is 17.3. The Balaban J connectivity index is 1.41. The molecule has 0 radical (unpaired) electrons. The molecule has 2 aromatic carbocycles. The lowest BCUT2D eigenvalue weighted by molar-refractivity contribution is -0.384. The molecule has 168 valence electrons. The molecule has 0 saturated carbocycles. The van der Waals surface area contributed by atoms with E-state index in [0.29, 0.717) is 38.9 Å². The van der Waals surface area contributed by atoms with E-state index in [1.807, 2.05) is 29.7 Å². The van der Waals surface area contributed by atoms with Crippen molar-refractivity contribution >= 4 is 51.4 Å². The average molecular weight is 501 g/mol. The van der Waals surface area contributed by atoms with Crippen LogP contribution in [0.5, 0.6) is 0 Å². The predicted octanol–water partition coefficient (Wildman–Crippen LogP) is 5.38. The first-order valence-electron chi connectivity index (χ1n) is 9.77. The van der Waals surface area contributed by atoms with E-state index in [2.05, 4.69) is 20.5 Å². The number of nitro groups is 1. The van der Waals surface area contributed by atoms with Gasteiger partial charge in [0.1, 0.15) is 0 Å². The molecule has 1 amide bonds. The number of amides is 1. The van der Waals surface area contributed by atoms with Crippen molar-refractivity contribution in [3.8, 4) is 22.6 Å². The second-order valence-electron chi connectivity index (χ2n) is 6.71. The van der Waals surface area contributed by atoms with E-state index in [1.165, 1.54) is 35.2 Å². The Morgan fingerprint density at radius 1 is 1.24 bits per heavy atom. The molecule has 4 aromatic rings. The van der Waals surface area contributed by atoms with E-state index in [-0.39, 0.29) is 17.3 Å². The van der Waals surface area contributed by atoms with Gasteiger partial charge in [0.05, 0.1) is 21.4 Å². The molecule has 0 spiro atoms. The Bertz CT molecular complexity index is 1320. The van der Waals surface area contributed by atoms with Crippen LogP contribution in [0.3, 0.4) is 0 Å². The summed E-state index contributed by atoms with van der Waals surface area (Å²) in [5.41, 5.74) is 1.93. The molecule has 12 heteroatoms. The van der Waals surface area contributed by atoms with Crippen LogP contribution in [0.15, 0.2) is 59.1 Å². The van der Waals surface area contributed by atoms with Gasteiger partial charge in [-0.2, -0.15) is 0 Å². The summed E-state index contributed by atoms with van der Waals surface area (Å²) in [7, 11) is 0. The fraction of sp³-hybridized carbons (Fsp3) is 0.143. The zero-order valence-corrected chi connectivity index (χ0v) is 19.7. The lowest BCUT2D eigenvalue weighted by Gasteiger charge is -2.08.